The third-order valence-electron chi connectivity index (χ3n) is 7.99. The smallest absolute Gasteiger partial charge is 0.344 e. The van der Waals surface area contributed by atoms with E-state index in [2.05, 4.69) is 10.5 Å². The van der Waals surface area contributed by atoms with Crippen molar-refractivity contribution in [1.82, 2.24) is 10.5 Å². The number of fused-ring (bicyclic) bond motifs is 2. The molecule has 27 heavy (non-hydrogen) atoms. The Morgan fingerprint density at radius 2 is 1.67 bits per heavy atom. The number of hydrogen-bond acceptors (Lipinski definition) is 5. The summed E-state index contributed by atoms with van der Waals surface area (Å²) in [5.41, 5.74) is 2.27. The molecule has 2 saturated heterocycles. The zero-order chi connectivity index (χ0) is 18.0. The van der Waals surface area contributed by atoms with Gasteiger partial charge in [-0.3, -0.25) is 0 Å². The van der Waals surface area contributed by atoms with Crippen LogP contribution < -0.4 is 5.32 Å². The number of rotatable bonds is 4. The third-order valence-corrected chi connectivity index (χ3v) is 7.99. The molecule has 5 nitrogen and oxygen atoms in total. The Morgan fingerprint density at radius 3 is 2.30 bits per heavy atom. The first-order valence-electron chi connectivity index (χ1n) is 11.2. The average molecular weight is 370 g/mol. The molecule has 3 atom stereocenters. The molecule has 146 valence electrons. The van der Waals surface area contributed by atoms with E-state index in [0.717, 1.165) is 50.0 Å². The van der Waals surface area contributed by atoms with Gasteiger partial charge in [-0.1, -0.05) is 5.16 Å². The Labute approximate surface area is 160 Å². The van der Waals surface area contributed by atoms with Gasteiger partial charge in [0.05, 0.1) is 0 Å². The van der Waals surface area contributed by atoms with Crippen LogP contribution in [0.2, 0.25) is 0 Å². The molecule has 1 aromatic rings. The van der Waals surface area contributed by atoms with Crippen molar-refractivity contribution < 1.29 is 14.1 Å². The highest BCUT2D eigenvalue weighted by molar-refractivity contribution is 5.92. The van der Waals surface area contributed by atoms with E-state index in [9.17, 15) is 4.79 Å². The molecule has 0 aromatic carbocycles. The number of ether oxygens (including phenoxy) is 1. The van der Waals surface area contributed by atoms with Crippen molar-refractivity contribution in [3.05, 3.63) is 17.0 Å². The second-order valence-corrected chi connectivity index (χ2v) is 9.99. The molecular formula is C22H30N2O3. The highest BCUT2D eigenvalue weighted by Crippen LogP contribution is 2.59. The van der Waals surface area contributed by atoms with Gasteiger partial charge in [-0.2, -0.15) is 0 Å². The van der Waals surface area contributed by atoms with Crippen LogP contribution in [0.4, 0.5) is 0 Å². The Bertz CT molecular complexity index is 727. The minimum atomic E-state index is -0.161. The molecule has 5 heteroatoms. The van der Waals surface area contributed by atoms with Crippen LogP contribution in [-0.4, -0.2) is 29.3 Å². The lowest BCUT2D eigenvalue weighted by Gasteiger charge is -2.29. The fourth-order valence-electron chi connectivity index (χ4n) is 5.92. The van der Waals surface area contributed by atoms with Crippen molar-refractivity contribution in [2.45, 2.75) is 107 Å². The lowest BCUT2D eigenvalue weighted by Crippen LogP contribution is -2.42. The van der Waals surface area contributed by atoms with Crippen LogP contribution in [0.3, 0.4) is 0 Å². The minimum Gasteiger partial charge on any atom is -0.459 e. The molecule has 3 aliphatic carbocycles. The number of nitrogens with one attached hydrogen (secondary N) is 1. The van der Waals surface area contributed by atoms with Crippen LogP contribution in [0.1, 0.15) is 111 Å². The molecule has 5 aliphatic rings. The van der Waals surface area contributed by atoms with Crippen molar-refractivity contribution in [3.63, 3.8) is 0 Å². The first kappa shape index (κ1) is 16.6. The van der Waals surface area contributed by atoms with Crippen molar-refractivity contribution in [3.8, 4) is 0 Å². The first-order valence-corrected chi connectivity index (χ1v) is 11.2. The number of carbonyl (C=O) groups is 1. The van der Waals surface area contributed by atoms with Crippen LogP contribution in [0.5, 0.6) is 0 Å². The molecule has 0 unspecified atom stereocenters. The molecule has 1 spiro atoms. The van der Waals surface area contributed by atoms with Gasteiger partial charge in [-0.05, 0) is 82.5 Å². The molecule has 6 rings (SSSR count). The summed E-state index contributed by atoms with van der Waals surface area (Å²) in [7, 11) is 0. The third kappa shape index (κ3) is 3.02. The topological polar surface area (TPSA) is 64.4 Å². The van der Waals surface area contributed by atoms with Gasteiger partial charge in [0, 0.05) is 23.9 Å². The van der Waals surface area contributed by atoms with Crippen LogP contribution >= 0.6 is 0 Å². The quantitative estimate of drug-likeness (QED) is 0.794. The summed E-state index contributed by atoms with van der Waals surface area (Å²) in [5, 5.41) is 8.06. The molecule has 5 fully saturated rings. The number of nitrogens with zero attached hydrogens (tertiary/aromatic N) is 1. The summed E-state index contributed by atoms with van der Waals surface area (Å²) in [4.78, 5) is 13.2. The van der Waals surface area contributed by atoms with E-state index in [1.165, 1.54) is 38.5 Å². The normalized spacial score (nSPS) is 34.7. The maximum absolute atomic E-state index is 13.2. The Kier molecular flexibility index (Phi) is 3.73. The fourth-order valence-corrected chi connectivity index (χ4v) is 5.92. The summed E-state index contributed by atoms with van der Waals surface area (Å²) in [6, 6.07) is 1.05. The van der Waals surface area contributed by atoms with Crippen molar-refractivity contribution in [1.29, 1.82) is 0 Å². The van der Waals surface area contributed by atoms with Gasteiger partial charge in [0.1, 0.15) is 17.4 Å². The van der Waals surface area contributed by atoms with Gasteiger partial charge in [0.2, 0.25) is 0 Å². The van der Waals surface area contributed by atoms with Crippen LogP contribution in [0, 0.1) is 5.41 Å². The van der Waals surface area contributed by atoms with Gasteiger partial charge in [0.15, 0.2) is 5.76 Å². The van der Waals surface area contributed by atoms with Gasteiger partial charge in [0.25, 0.3) is 0 Å². The summed E-state index contributed by atoms with van der Waals surface area (Å²) < 4.78 is 11.8. The molecule has 3 saturated carbocycles. The van der Waals surface area contributed by atoms with Gasteiger partial charge >= 0.3 is 5.97 Å². The van der Waals surface area contributed by atoms with E-state index in [1.54, 1.807) is 0 Å². The van der Waals surface area contributed by atoms with E-state index in [0.29, 0.717) is 34.9 Å². The van der Waals surface area contributed by atoms with E-state index in [1.807, 2.05) is 0 Å². The maximum atomic E-state index is 13.2. The van der Waals surface area contributed by atoms with Crippen LogP contribution in [-0.2, 0) is 4.74 Å². The van der Waals surface area contributed by atoms with E-state index in [-0.39, 0.29) is 12.1 Å². The predicted octanol–water partition coefficient (Wildman–Crippen LogP) is 4.43. The van der Waals surface area contributed by atoms with E-state index >= 15 is 0 Å². The lowest BCUT2D eigenvalue weighted by molar-refractivity contribution is 0.0173. The number of aromatic nitrogens is 1. The molecular weight excluding hydrogens is 340 g/mol. The fraction of sp³-hybridized carbons (Fsp3) is 0.818. The molecule has 2 aliphatic heterocycles. The van der Waals surface area contributed by atoms with Crippen molar-refractivity contribution >= 4 is 5.97 Å². The first-order chi connectivity index (χ1) is 13.2. The second-order valence-electron chi connectivity index (χ2n) is 9.99. The molecule has 0 amide bonds. The predicted molar refractivity (Wildman–Crippen MR) is 99.7 cm³/mol. The molecule has 1 N–H and O–H groups in total. The lowest BCUT2D eigenvalue weighted by atomic mass is 9.77. The molecule has 1 aromatic heterocycles. The van der Waals surface area contributed by atoms with Gasteiger partial charge < -0.3 is 14.6 Å². The highest BCUT2D eigenvalue weighted by Gasteiger charge is 2.47. The highest BCUT2D eigenvalue weighted by atomic mass is 16.5. The molecule has 0 radical (unpaired) electrons. The summed E-state index contributed by atoms with van der Waals surface area (Å²) >= 11 is 0. The van der Waals surface area contributed by atoms with E-state index in [4.69, 9.17) is 9.26 Å². The van der Waals surface area contributed by atoms with Crippen LogP contribution in [0.15, 0.2) is 4.52 Å². The minimum absolute atomic E-state index is 0.0483. The average Bonchev–Trinajstić information content (AvgIpc) is 3.58. The monoisotopic (exact) mass is 370 g/mol. The van der Waals surface area contributed by atoms with Gasteiger partial charge in [-0.15, -0.1) is 0 Å². The summed E-state index contributed by atoms with van der Waals surface area (Å²) in [6.45, 7) is 0. The van der Waals surface area contributed by atoms with Crippen LogP contribution in [0.25, 0.3) is 0 Å². The molecule has 2 bridgehead atoms. The van der Waals surface area contributed by atoms with E-state index < -0.39 is 0 Å². The number of piperidine rings is 1. The Morgan fingerprint density at radius 1 is 0.963 bits per heavy atom. The number of hydrogen-bond donors (Lipinski definition) is 1. The van der Waals surface area contributed by atoms with Crippen molar-refractivity contribution in [2.75, 3.05) is 0 Å². The van der Waals surface area contributed by atoms with Crippen molar-refractivity contribution in [2.24, 2.45) is 5.41 Å². The SMILES string of the molecule is O=C(O[C@@H]1C[C@H]2CC[C@@H](C1)N2)c1c(C2CCC3(CC2)CC3)noc1C1CC1. The molecule has 3 heterocycles. The Hall–Kier alpha value is -1.36. The second kappa shape index (κ2) is 6.07. The summed E-state index contributed by atoms with van der Waals surface area (Å²) in [5.74, 6) is 1.42. The standard InChI is InChI=1S/C22H30N2O3/c25-21(26-17-11-15-3-4-16(12-17)23-15)18-19(24-27-20(18)14-1-2-14)13-5-7-22(8-6-13)9-10-22/h13-17,23H,1-12H2/t15-,16+,17-. The number of esters is 1. The zero-order valence-electron chi connectivity index (χ0n) is 16.0. The summed E-state index contributed by atoms with van der Waals surface area (Å²) in [6.07, 6.45) is 14.3. The largest absolute Gasteiger partial charge is 0.459 e. The maximum Gasteiger partial charge on any atom is 0.344 e. The Balaban J connectivity index is 1.22. The zero-order valence-corrected chi connectivity index (χ0v) is 16.0. The van der Waals surface area contributed by atoms with Gasteiger partial charge in [-0.25, -0.2) is 4.79 Å². The number of carbonyl (C=O) groups excluding carboxylic acids is 1.